The van der Waals surface area contributed by atoms with Gasteiger partial charge < -0.3 is 24.8 Å². The van der Waals surface area contributed by atoms with Gasteiger partial charge in [0.25, 0.3) is 0 Å². The third-order valence-electron chi connectivity index (χ3n) is 3.48. The molecule has 1 saturated heterocycles. The Morgan fingerprint density at radius 2 is 2.00 bits per heavy atom. The molecule has 1 heterocycles. The van der Waals surface area contributed by atoms with Gasteiger partial charge in [-0.15, -0.1) is 0 Å². The van der Waals surface area contributed by atoms with Gasteiger partial charge in [0.15, 0.2) is 0 Å². The Balaban J connectivity index is 3.04. The Hall–Kier alpha value is -0.200. The molecule has 5 nitrogen and oxygen atoms in total. The highest BCUT2D eigenvalue weighted by atomic mass is 16.6. The molecule has 89 valence electrons. The van der Waals surface area contributed by atoms with Crippen LogP contribution in [0.15, 0.2) is 0 Å². The fraction of sp³-hybridized carbons (Fsp3) is 0.900. The number of methoxy groups -OCH3 is 1. The summed E-state index contributed by atoms with van der Waals surface area (Å²) in [4.78, 5) is 0. The third-order valence-corrected chi connectivity index (χ3v) is 3.48. The molecule has 1 radical (unpaired) electrons. The van der Waals surface area contributed by atoms with Crippen LogP contribution in [0, 0.1) is 6.10 Å². The van der Waals surface area contributed by atoms with E-state index in [1.807, 2.05) is 0 Å². The van der Waals surface area contributed by atoms with E-state index < -0.39 is 23.4 Å². The molecule has 0 aromatic rings. The smallest absolute Gasteiger partial charge is 0.129 e. The molecule has 0 aromatic heterocycles. The van der Waals surface area contributed by atoms with Crippen molar-refractivity contribution in [3.05, 3.63) is 6.10 Å². The average Bonchev–Trinajstić information content (AvgIpc) is 2.21. The summed E-state index contributed by atoms with van der Waals surface area (Å²) in [6.45, 7) is 4.41. The summed E-state index contributed by atoms with van der Waals surface area (Å²) in [5.41, 5.74) is -2.59. The molecule has 1 rings (SSSR count). The van der Waals surface area contributed by atoms with Crippen LogP contribution in [-0.2, 0) is 9.47 Å². The number of aliphatic hydroxyl groups excluding tert-OH is 2. The van der Waals surface area contributed by atoms with E-state index in [1.54, 1.807) is 13.8 Å². The summed E-state index contributed by atoms with van der Waals surface area (Å²) in [6, 6.07) is 0. The van der Waals surface area contributed by atoms with Gasteiger partial charge in [0.05, 0.1) is 6.61 Å². The van der Waals surface area contributed by atoms with Crippen LogP contribution in [-0.4, -0.2) is 52.4 Å². The summed E-state index contributed by atoms with van der Waals surface area (Å²) in [6.07, 6.45) is -1.57. The fourth-order valence-corrected chi connectivity index (χ4v) is 1.89. The summed E-state index contributed by atoms with van der Waals surface area (Å²) in [7, 11) is 1.44. The molecule has 15 heavy (non-hydrogen) atoms. The lowest BCUT2D eigenvalue weighted by molar-refractivity contribution is -0.279. The van der Waals surface area contributed by atoms with Crippen LogP contribution in [0.25, 0.3) is 0 Å². The Kier molecular flexibility index (Phi) is 3.42. The highest BCUT2D eigenvalue weighted by Crippen LogP contribution is 2.43. The molecule has 1 aliphatic rings. The third kappa shape index (κ3) is 1.68. The van der Waals surface area contributed by atoms with Gasteiger partial charge in [-0.05, 0) is 20.8 Å². The lowest BCUT2D eigenvalue weighted by Gasteiger charge is -2.53. The van der Waals surface area contributed by atoms with E-state index in [0.717, 1.165) is 0 Å². The van der Waals surface area contributed by atoms with Crippen molar-refractivity contribution in [2.24, 2.45) is 0 Å². The fourth-order valence-electron chi connectivity index (χ4n) is 1.89. The number of rotatable bonds is 2. The van der Waals surface area contributed by atoms with Crippen LogP contribution in [0.5, 0.6) is 0 Å². The van der Waals surface area contributed by atoms with Gasteiger partial charge in [0.2, 0.25) is 0 Å². The molecule has 0 aromatic carbocycles. The lowest BCUT2D eigenvalue weighted by Crippen LogP contribution is -2.69. The van der Waals surface area contributed by atoms with E-state index in [2.05, 4.69) is 0 Å². The number of aliphatic hydroxyl groups is 3. The molecule has 0 unspecified atom stereocenters. The summed E-state index contributed by atoms with van der Waals surface area (Å²) in [5, 5.41) is 29.1. The van der Waals surface area contributed by atoms with Crippen molar-refractivity contribution in [2.75, 3.05) is 13.7 Å². The second-order valence-electron chi connectivity index (χ2n) is 4.22. The number of hydrogen-bond donors (Lipinski definition) is 3. The predicted octanol–water partition coefficient (Wildman–Crippen LogP) is -0.554. The molecule has 0 amide bonds. The standard InChI is InChI=1S/C10H19O5/c1-6-10(3,14-4)9(2,13)8(12)7(5-11)15-6/h7-8,11-13H,5H2,1-4H3/t7-,8-,9+,10+/m1/s1. The first-order chi connectivity index (χ1) is 6.81. The maximum absolute atomic E-state index is 10.2. The predicted molar refractivity (Wildman–Crippen MR) is 52.9 cm³/mol. The van der Waals surface area contributed by atoms with Gasteiger partial charge in [-0.1, -0.05) is 0 Å². The summed E-state index contributed by atoms with van der Waals surface area (Å²) < 4.78 is 10.5. The van der Waals surface area contributed by atoms with Crippen molar-refractivity contribution in [3.8, 4) is 0 Å². The van der Waals surface area contributed by atoms with Crippen LogP contribution < -0.4 is 0 Å². The first-order valence-corrected chi connectivity index (χ1v) is 4.88. The van der Waals surface area contributed by atoms with Crippen LogP contribution >= 0.6 is 0 Å². The molecule has 0 spiro atoms. The average molecular weight is 219 g/mol. The Bertz CT molecular complexity index is 230. The number of hydrogen-bond acceptors (Lipinski definition) is 5. The zero-order chi connectivity index (χ0) is 11.9. The second-order valence-corrected chi connectivity index (χ2v) is 4.22. The quantitative estimate of drug-likeness (QED) is 0.580. The van der Waals surface area contributed by atoms with E-state index >= 15 is 0 Å². The topological polar surface area (TPSA) is 79.2 Å². The van der Waals surface area contributed by atoms with Gasteiger partial charge >= 0.3 is 0 Å². The largest absolute Gasteiger partial charge is 0.394 e. The minimum absolute atomic E-state index is 0.353. The van der Waals surface area contributed by atoms with Crippen molar-refractivity contribution in [3.63, 3.8) is 0 Å². The maximum atomic E-state index is 10.2. The van der Waals surface area contributed by atoms with Crippen LogP contribution in [0.4, 0.5) is 0 Å². The molecular weight excluding hydrogens is 200 g/mol. The SMILES string of the molecule is CO[C@@]1(C)[C](C)O[C@H](CO)[C@@H](O)[C@]1(C)O. The first kappa shape index (κ1) is 12.9. The molecule has 5 heteroatoms. The summed E-state index contributed by atoms with van der Waals surface area (Å²) >= 11 is 0. The molecule has 0 saturated carbocycles. The van der Waals surface area contributed by atoms with Crippen molar-refractivity contribution in [1.82, 2.24) is 0 Å². The van der Waals surface area contributed by atoms with E-state index in [0.29, 0.717) is 6.10 Å². The van der Waals surface area contributed by atoms with E-state index in [1.165, 1.54) is 14.0 Å². The van der Waals surface area contributed by atoms with Crippen LogP contribution in [0.1, 0.15) is 20.8 Å². The van der Waals surface area contributed by atoms with E-state index in [-0.39, 0.29) is 6.61 Å². The normalized spacial score (nSPS) is 48.2. The van der Waals surface area contributed by atoms with Crippen molar-refractivity contribution in [1.29, 1.82) is 0 Å². The zero-order valence-corrected chi connectivity index (χ0v) is 9.52. The van der Waals surface area contributed by atoms with E-state index in [4.69, 9.17) is 14.6 Å². The molecule has 1 fully saturated rings. The Labute approximate surface area is 89.6 Å². The molecular formula is C10H19O5. The number of ether oxygens (including phenoxy) is 2. The Morgan fingerprint density at radius 3 is 2.40 bits per heavy atom. The Morgan fingerprint density at radius 1 is 1.47 bits per heavy atom. The van der Waals surface area contributed by atoms with Crippen LogP contribution in [0.2, 0.25) is 0 Å². The molecule has 0 bridgehead atoms. The van der Waals surface area contributed by atoms with E-state index in [9.17, 15) is 10.2 Å². The second kappa shape index (κ2) is 3.99. The molecule has 4 atom stereocenters. The van der Waals surface area contributed by atoms with Gasteiger partial charge in [0.1, 0.15) is 29.5 Å². The van der Waals surface area contributed by atoms with Gasteiger partial charge in [0, 0.05) is 7.11 Å². The monoisotopic (exact) mass is 219 g/mol. The van der Waals surface area contributed by atoms with Crippen LogP contribution in [0.3, 0.4) is 0 Å². The molecule has 0 aliphatic carbocycles. The lowest BCUT2D eigenvalue weighted by atomic mass is 9.73. The van der Waals surface area contributed by atoms with Crippen molar-refractivity contribution < 1.29 is 24.8 Å². The van der Waals surface area contributed by atoms with Gasteiger partial charge in [-0.25, -0.2) is 0 Å². The summed E-state index contributed by atoms with van der Waals surface area (Å²) in [5.74, 6) is 0. The minimum Gasteiger partial charge on any atom is -0.394 e. The molecule has 3 N–H and O–H groups in total. The highest BCUT2D eigenvalue weighted by Gasteiger charge is 2.59. The van der Waals surface area contributed by atoms with Gasteiger partial charge in [-0.2, -0.15) is 0 Å². The minimum atomic E-state index is -1.50. The molecule has 1 aliphatic heterocycles. The van der Waals surface area contributed by atoms with Crippen molar-refractivity contribution in [2.45, 2.75) is 44.2 Å². The van der Waals surface area contributed by atoms with Crippen molar-refractivity contribution >= 4 is 0 Å². The maximum Gasteiger partial charge on any atom is 0.129 e. The highest BCUT2D eigenvalue weighted by molar-refractivity contribution is 5.16. The zero-order valence-electron chi connectivity index (χ0n) is 9.52. The first-order valence-electron chi connectivity index (χ1n) is 4.88. The van der Waals surface area contributed by atoms with Gasteiger partial charge in [-0.3, -0.25) is 0 Å².